The van der Waals surface area contributed by atoms with Gasteiger partial charge in [-0.05, 0) is 24.3 Å². The highest BCUT2D eigenvalue weighted by atomic mass is 35.5. The van der Waals surface area contributed by atoms with E-state index in [0.29, 0.717) is 10.7 Å². The predicted octanol–water partition coefficient (Wildman–Crippen LogP) is 1.62. The molecular weight excluding hydrogens is 294 g/mol. The van der Waals surface area contributed by atoms with Gasteiger partial charge in [0.25, 0.3) is 11.8 Å². The molecule has 21 heavy (non-hydrogen) atoms. The average Bonchev–Trinajstić information content (AvgIpc) is 3.12. The normalized spacial score (nSPS) is 10.5. The lowest BCUT2D eigenvalue weighted by Crippen LogP contribution is -2.41. The van der Waals surface area contributed by atoms with Crippen LogP contribution in [0, 0.1) is 0 Å². The van der Waals surface area contributed by atoms with Gasteiger partial charge in [-0.1, -0.05) is 11.6 Å². The van der Waals surface area contributed by atoms with Gasteiger partial charge in [0.2, 0.25) is 0 Å². The number of carbonyl (C=O) groups is 2. The van der Waals surface area contributed by atoms with Crippen molar-refractivity contribution in [2.24, 2.45) is 0 Å². The van der Waals surface area contributed by atoms with Crippen molar-refractivity contribution in [2.75, 3.05) is 0 Å². The first-order valence-corrected chi connectivity index (χ1v) is 6.39. The van der Waals surface area contributed by atoms with E-state index in [1.807, 2.05) is 0 Å². The molecule has 0 bridgehead atoms. The van der Waals surface area contributed by atoms with Gasteiger partial charge in [0, 0.05) is 22.1 Å². The third-order valence-electron chi connectivity index (χ3n) is 2.85. The van der Waals surface area contributed by atoms with Crippen LogP contribution in [0.4, 0.5) is 0 Å². The highest BCUT2D eigenvalue weighted by Gasteiger charge is 2.12. The minimum absolute atomic E-state index is 0.179. The molecule has 0 fully saturated rings. The van der Waals surface area contributed by atoms with Crippen LogP contribution in [0.5, 0.6) is 0 Å². The number of aromatic nitrogens is 3. The van der Waals surface area contributed by atoms with E-state index in [2.05, 4.69) is 25.8 Å². The Bertz CT molecular complexity index is 809. The molecule has 0 aliphatic heterocycles. The molecule has 0 aliphatic carbocycles. The third kappa shape index (κ3) is 2.72. The monoisotopic (exact) mass is 303 g/mol. The van der Waals surface area contributed by atoms with Gasteiger partial charge in [0.15, 0.2) is 0 Å². The standard InChI is InChI=1S/C13H10ClN5O2/c14-8-1-2-9-7(3-8)4-10(17-9)12(20)18-19-13(21)11-5-15-6-16-11/h1-6,17H,(H,15,16)(H,18,20)(H,19,21). The molecule has 7 nitrogen and oxygen atoms in total. The first kappa shape index (κ1) is 13.2. The number of H-pyrrole nitrogens is 2. The maximum Gasteiger partial charge on any atom is 0.289 e. The Morgan fingerprint density at radius 3 is 2.71 bits per heavy atom. The molecule has 2 aromatic heterocycles. The largest absolute Gasteiger partial charge is 0.350 e. The lowest BCUT2D eigenvalue weighted by molar-refractivity contribution is 0.0842. The molecule has 2 heterocycles. The van der Waals surface area contributed by atoms with Crippen LogP contribution in [-0.2, 0) is 0 Å². The smallest absolute Gasteiger partial charge is 0.289 e. The molecule has 1 aromatic carbocycles. The van der Waals surface area contributed by atoms with Gasteiger partial charge < -0.3 is 9.97 Å². The summed E-state index contributed by atoms with van der Waals surface area (Å²) in [6, 6.07) is 6.89. The van der Waals surface area contributed by atoms with Gasteiger partial charge in [0.05, 0.1) is 6.33 Å². The number of benzene rings is 1. The van der Waals surface area contributed by atoms with Crippen LogP contribution in [-0.4, -0.2) is 26.8 Å². The molecule has 0 atom stereocenters. The minimum atomic E-state index is -0.510. The zero-order valence-corrected chi connectivity index (χ0v) is 11.4. The molecule has 0 saturated heterocycles. The van der Waals surface area contributed by atoms with Crippen LogP contribution in [0.25, 0.3) is 10.9 Å². The van der Waals surface area contributed by atoms with Crippen LogP contribution in [0.3, 0.4) is 0 Å². The van der Waals surface area contributed by atoms with Crippen LogP contribution < -0.4 is 10.9 Å². The van der Waals surface area contributed by atoms with E-state index in [9.17, 15) is 9.59 Å². The fourth-order valence-electron chi connectivity index (χ4n) is 1.86. The van der Waals surface area contributed by atoms with Crippen LogP contribution in [0.15, 0.2) is 36.8 Å². The molecule has 3 rings (SSSR count). The molecule has 0 saturated carbocycles. The fraction of sp³-hybridized carbons (Fsp3) is 0. The van der Waals surface area contributed by atoms with E-state index in [-0.39, 0.29) is 5.69 Å². The number of nitrogens with one attached hydrogen (secondary N) is 4. The Kier molecular flexibility index (Phi) is 3.33. The number of rotatable bonds is 2. The van der Waals surface area contributed by atoms with Crippen molar-refractivity contribution in [3.8, 4) is 0 Å². The average molecular weight is 304 g/mol. The van der Waals surface area contributed by atoms with Gasteiger partial charge in [-0.3, -0.25) is 20.4 Å². The maximum absolute atomic E-state index is 12.0. The van der Waals surface area contributed by atoms with Gasteiger partial charge >= 0.3 is 0 Å². The lowest BCUT2D eigenvalue weighted by atomic mass is 10.2. The SMILES string of the molecule is O=C(NNC(=O)c1cc2cc(Cl)ccc2[nH]1)c1c[nH]cn1. The Balaban J connectivity index is 1.70. The van der Waals surface area contributed by atoms with Crippen molar-refractivity contribution >= 4 is 34.3 Å². The fourth-order valence-corrected chi connectivity index (χ4v) is 2.04. The predicted molar refractivity (Wildman–Crippen MR) is 76.8 cm³/mol. The number of hydrazine groups is 1. The zero-order chi connectivity index (χ0) is 14.8. The summed E-state index contributed by atoms with van der Waals surface area (Å²) < 4.78 is 0. The number of hydrogen-bond donors (Lipinski definition) is 4. The number of aromatic amines is 2. The second kappa shape index (κ2) is 5.29. The number of nitrogens with zero attached hydrogens (tertiary/aromatic N) is 1. The maximum atomic E-state index is 12.0. The van der Waals surface area contributed by atoms with E-state index in [1.165, 1.54) is 12.5 Å². The second-order valence-electron chi connectivity index (χ2n) is 4.28. The Labute approximate surface area is 123 Å². The van der Waals surface area contributed by atoms with Crippen LogP contribution in [0.2, 0.25) is 5.02 Å². The van der Waals surface area contributed by atoms with Gasteiger partial charge in [0.1, 0.15) is 11.4 Å². The van der Waals surface area contributed by atoms with E-state index in [0.717, 1.165) is 10.9 Å². The number of halogens is 1. The molecule has 0 spiro atoms. The summed E-state index contributed by atoms with van der Waals surface area (Å²) >= 11 is 5.89. The number of fused-ring (bicyclic) bond motifs is 1. The van der Waals surface area contributed by atoms with Crippen molar-refractivity contribution < 1.29 is 9.59 Å². The molecule has 2 amide bonds. The molecule has 3 aromatic rings. The second-order valence-corrected chi connectivity index (χ2v) is 4.71. The van der Waals surface area contributed by atoms with E-state index < -0.39 is 11.8 Å². The Hall–Kier alpha value is -2.80. The zero-order valence-electron chi connectivity index (χ0n) is 10.6. The third-order valence-corrected chi connectivity index (χ3v) is 3.08. The summed E-state index contributed by atoms with van der Waals surface area (Å²) in [6.45, 7) is 0. The van der Waals surface area contributed by atoms with Crippen molar-refractivity contribution in [3.63, 3.8) is 0 Å². The highest BCUT2D eigenvalue weighted by molar-refractivity contribution is 6.31. The Morgan fingerprint density at radius 1 is 1.14 bits per heavy atom. The molecule has 106 valence electrons. The molecule has 8 heteroatoms. The van der Waals surface area contributed by atoms with Crippen molar-refractivity contribution in [2.45, 2.75) is 0 Å². The summed E-state index contributed by atoms with van der Waals surface area (Å²) in [4.78, 5) is 32.9. The minimum Gasteiger partial charge on any atom is -0.350 e. The number of carbonyl (C=O) groups excluding carboxylic acids is 2. The van der Waals surface area contributed by atoms with Crippen LogP contribution in [0.1, 0.15) is 21.0 Å². The number of amides is 2. The molecule has 0 aliphatic rings. The molecule has 0 radical (unpaired) electrons. The van der Waals surface area contributed by atoms with Gasteiger partial charge in [-0.25, -0.2) is 4.98 Å². The van der Waals surface area contributed by atoms with Crippen LogP contribution >= 0.6 is 11.6 Å². The molecule has 0 unspecified atom stereocenters. The summed E-state index contributed by atoms with van der Waals surface area (Å²) in [5.41, 5.74) is 5.85. The highest BCUT2D eigenvalue weighted by Crippen LogP contribution is 2.19. The first-order chi connectivity index (χ1) is 10.1. The number of imidazole rings is 1. The lowest BCUT2D eigenvalue weighted by Gasteiger charge is -2.03. The summed E-state index contributed by atoms with van der Waals surface area (Å²) in [5.74, 6) is -0.977. The molecule has 4 N–H and O–H groups in total. The van der Waals surface area contributed by atoms with Crippen molar-refractivity contribution in [3.05, 3.63) is 53.2 Å². The summed E-state index contributed by atoms with van der Waals surface area (Å²) in [7, 11) is 0. The molecular formula is C13H10ClN5O2. The van der Waals surface area contributed by atoms with Crippen molar-refractivity contribution in [1.29, 1.82) is 0 Å². The van der Waals surface area contributed by atoms with Gasteiger partial charge in [-0.15, -0.1) is 0 Å². The van der Waals surface area contributed by atoms with E-state index in [1.54, 1.807) is 24.3 Å². The Morgan fingerprint density at radius 2 is 1.95 bits per heavy atom. The van der Waals surface area contributed by atoms with Gasteiger partial charge in [-0.2, -0.15) is 0 Å². The summed E-state index contributed by atoms with van der Waals surface area (Å²) in [6.07, 6.45) is 2.80. The topological polar surface area (TPSA) is 103 Å². The number of hydrogen-bond acceptors (Lipinski definition) is 3. The summed E-state index contributed by atoms with van der Waals surface area (Å²) in [5, 5.41) is 1.39. The van der Waals surface area contributed by atoms with E-state index >= 15 is 0 Å². The first-order valence-electron chi connectivity index (χ1n) is 6.01. The van der Waals surface area contributed by atoms with E-state index in [4.69, 9.17) is 11.6 Å². The van der Waals surface area contributed by atoms with Crippen molar-refractivity contribution in [1.82, 2.24) is 25.8 Å². The quantitative estimate of drug-likeness (QED) is 0.541.